The van der Waals surface area contributed by atoms with Crippen molar-refractivity contribution in [1.82, 2.24) is 5.32 Å². The van der Waals surface area contributed by atoms with Crippen LogP contribution in [0.25, 0.3) is 0 Å². The molecular weight excluding hydrogens is 486 g/mol. The Kier molecular flexibility index (Phi) is 7.84. The van der Waals surface area contributed by atoms with E-state index < -0.39 is 28.6 Å². The number of nitrogens with one attached hydrogen (secondary N) is 1. The predicted octanol–water partition coefficient (Wildman–Crippen LogP) is 3.42. The third-order valence-electron chi connectivity index (χ3n) is 11.0. The van der Waals surface area contributed by atoms with Crippen molar-refractivity contribution in [3.8, 4) is 0 Å². The minimum absolute atomic E-state index is 0.0240. The first kappa shape index (κ1) is 27.8. The van der Waals surface area contributed by atoms with Crippen LogP contribution < -0.4 is 5.32 Å². The van der Waals surface area contributed by atoms with Crippen molar-refractivity contribution < 1.29 is 37.0 Å². The highest BCUT2D eigenvalue weighted by atomic mass is 32.3. The fourth-order valence-corrected chi connectivity index (χ4v) is 9.74. The maximum Gasteiger partial charge on any atom is 0.397 e. The summed E-state index contributed by atoms with van der Waals surface area (Å²) in [5.74, 6) is 0.914. The van der Waals surface area contributed by atoms with Crippen LogP contribution in [0.2, 0.25) is 0 Å². The zero-order valence-corrected chi connectivity index (χ0v) is 22.5. The number of aliphatic carboxylic acids is 1. The van der Waals surface area contributed by atoms with Gasteiger partial charge in [-0.1, -0.05) is 20.8 Å². The molecule has 0 saturated heterocycles. The molecule has 0 bridgehead atoms. The molecule has 0 aromatic carbocycles. The highest BCUT2D eigenvalue weighted by molar-refractivity contribution is 7.80. The number of amides is 1. The second-order valence-corrected chi connectivity index (χ2v) is 13.6. The SMILES string of the molecule is C[C@H](CCC(=O)NCC(=O)O)[C@H]1CC[C@H]2[C@@H]3CC[C@@H]4C[C@H](OS(=O)(=O)O)CC[C@]4(C)[C@H]3C[C@H](O)[C@]12C. The number of carboxylic acid groups (broad SMARTS) is 1. The Balaban J connectivity index is 1.43. The Hall–Kier alpha value is -1.23. The maximum absolute atomic E-state index is 12.1. The molecule has 0 spiro atoms. The van der Waals surface area contributed by atoms with Gasteiger partial charge in [0.05, 0.1) is 12.2 Å². The summed E-state index contributed by atoms with van der Waals surface area (Å²) in [4.78, 5) is 22.8. The molecule has 10 atom stereocenters. The summed E-state index contributed by atoms with van der Waals surface area (Å²) < 4.78 is 36.6. The van der Waals surface area contributed by atoms with Gasteiger partial charge >= 0.3 is 16.4 Å². The Morgan fingerprint density at radius 3 is 2.47 bits per heavy atom. The molecule has 4 aliphatic carbocycles. The average molecular weight is 530 g/mol. The normalized spacial score (nSPS) is 43.1. The Labute approximate surface area is 214 Å². The van der Waals surface area contributed by atoms with Crippen LogP contribution in [0.3, 0.4) is 0 Å². The van der Waals surface area contributed by atoms with Crippen molar-refractivity contribution in [3.63, 3.8) is 0 Å². The number of aliphatic hydroxyl groups is 1. The molecule has 9 nitrogen and oxygen atoms in total. The van der Waals surface area contributed by atoms with Crippen molar-refractivity contribution in [2.45, 2.75) is 97.2 Å². The number of carbonyl (C=O) groups excluding carboxylic acids is 1. The molecule has 4 aliphatic rings. The number of fused-ring (bicyclic) bond motifs is 5. The molecule has 1 amide bonds. The molecule has 4 saturated carbocycles. The summed E-state index contributed by atoms with van der Waals surface area (Å²) in [6.07, 6.45) is 7.04. The highest BCUT2D eigenvalue weighted by Crippen LogP contribution is 2.68. The van der Waals surface area contributed by atoms with Crippen molar-refractivity contribution in [3.05, 3.63) is 0 Å². The molecule has 0 radical (unpaired) electrons. The van der Waals surface area contributed by atoms with Crippen LogP contribution in [0.15, 0.2) is 0 Å². The quantitative estimate of drug-likeness (QED) is 0.349. The topological polar surface area (TPSA) is 150 Å². The average Bonchev–Trinajstić information content (AvgIpc) is 3.15. The Bertz CT molecular complexity index is 956. The zero-order valence-electron chi connectivity index (χ0n) is 21.7. The van der Waals surface area contributed by atoms with Crippen molar-refractivity contribution in [2.75, 3.05) is 6.54 Å². The van der Waals surface area contributed by atoms with Crippen molar-refractivity contribution in [1.29, 1.82) is 0 Å². The smallest absolute Gasteiger partial charge is 0.397 e. The number of carboxylic acids is 1. The van der Waals surface area contributed by atoms with Crippen LogP contribution in [0.5, 0.6) is 0 Å². The van der Waals surface area contributed by atoms with Gasteiger partial charge in [0, 0.05) is 6.42 Å². The van der Waals surface area contributed by atoms with E-state index in [4.69, 9.17) is 13.8 Å². The second kappa shape index (κ2) is 10.2. The van der Waals surface area contributed by atoms with Gasteiger partial charge in [-0.3, -0.25) is 14.1 Å². The first-order valence-electron chi connectivity index (χ1n) is 13.6. The van der Waals surface area contributed by atoms with Crippen LogP contribution in [0, 0.1) is 46.3 Å². The van der Waals surface area contributed by atoms with E-state index in [1.165, 1.54) is 0 Å². The van der Waals surface area contributed by atoms with E-state index in [1.54, 1.807) is 0 Å². The number of hydrogen-bond donors (Lipinski definition) is 4. The van der Waals surface area contributed by atoms with E-state index in [0.717, 1.165) is 38.5 Å². The third-order valence-corrected chi connectivity index (χ3v) is 11.5. The van der Waals surface area contributed by atoms with Crippen LogP contribution in [0.4, 0.5) is 0 Å². The van der Waals surface area contributed by atoms with Gasteiger partial charge in [0.2, 0.25) is 5.91 Å². The van der Waals surface area contributed by atoms with E-state index >= 15 is 0 Å². The highest BCUT2D eigenvalue weighted by Gasteiger charge is 2.63. The summed E-state index contributed by atoms with van der Waals surface area (Å²) in [6.45, 7) is 6.37. The summed E-state index contributed by atoms with van der Waals surface area (Å²) in [5, 5.41) is 22.9. The van der Waals surface area contributed by atoms with Crippen LogP contribution >= 0.6 is 0 Å². The molecule has 0 aromatic heterocycles. The van der Waals surface area contributed by atoms with E-state index in [1.807, 2.05) is 0 Å². The van der Waals surface area contributed by atoms with Gasteiger partial charge < -0.3 is 15.5 Å². The van der Waals surface area contributed by atoms with Crippen LogP contribution in [-0.4, -0.2) is 53.8 Å². The van der Waals surface area contributed by atoms with Gasteiger partial charge in [-0.2, -0.15) is 8.42 Å². The molecule has 4 fully saturated rings. The lowest BCUT2D eigenvalue weighted by Gasteiger charge is -2.62. The fourth-order valence-electron chi connectivity index (χ4n) is 9.23. The zero-order chi connectivity index (χ0) is 26.5. The summed E-state index contributed by atoms with van der Waals surface area (Å²) in [7, 11) is -4.46. The third kappa shape index (κ3) is 5.20. The molecular formula is C26H43NO8S. The molecule has 36 heavy (non-hydrogen) atoms. The standard InChI is InChI=1S/C26H43NO8S/c1-15(4-9-23(29)27-14-24(30)31)19-7-8-20-18-6-5-16-12-17(35-36(32,33)34)10-11-25(16,2)21(18)13-22(28)26(19,20)3/h15-22,28H,4-14H2,1-3H3,(H,27,29)(H,30,31)(H,32,33,34)/t15-,16-,17-,18+,19-,20+,21+,22+,25+,26-/m1/s1. The predicted molar refractivity (Wildman–Crippen MR) is 132 cm³/mol. The Morgan fingerprint density at radius 1 is 1.08 bits per heavy atom. The van der Waals surface area contributed by atoms with Gasteiger partial charge in [0.1, 0.15) is 6.54 Å². The maximum atomic E-state index is 12.1. The van der Waals surface area contributed by atoms with Gasteiger partial charge in [0.15, 0.2) is 0 Å². The van der Waals surface area contributed by atoms with Gasteiger partial charge in [-0.05, 0) is 104 Å². The molecule has 0 aliphatic heterocycles. The lowest BCUT2D eigenvalue weighted by Crippen LogP contribution is -2.59. The van der Waals surface area contributed by atoms with E-state index in [9.17, 15) is 23.1 Å². The lowest BCUT2D eigenvalue weighted by molar-refractivity contribution is -0.173. The molecule has 206 valence electrons. The Morgan fingerprint density at radius 2 is 1.81 bits per heavy atom. The molecule has 10 heteroatoms. The van der Waals surface area contributed by atoms with Gasteiger partial charge in [0.25, 0.3) is 0 Å². The number of aliphatic hydroxyl groups excluding tert-OH is 1. The van der Waals surface area contributed by atoms with E-state index in [2.05, 4.69) is 26.1 Å². The van der Waals surface area contributed by atoms with Gasteiger partial charge in [-0.15, -0.1) is 0 Å². The second-order valence-electron chi connectivity index (χ2n) is 12.6. The largest absolute Gasteiger partial charge is 0.480 e. The van der Waals surface area contributed by atoms with Crippen LogP contribution in [0.1, 0.15) is 85.0 Å². The molecule has 0 heterocycles. The minimum atomic E-state index is -4.46. The first-order chi connectivity index (χ1) is 16.8. The van der Waals surface area contributed by atoms with E-state index in [-0.39, 0.29) is 29.2 Å². The van der Waals surface area contributed by atoms with Crippen molar-refractivity contribution >= 4 is 22.3 Å². The lowest BCUT2D eigenvalue weighted by atomic mass is 9.43. The monoisotopic (exact) mass is 529 g/mol. The fraction of sp³-hybridized carbons (Fsp3) is 0.923. The van der Waals surface area contributed by atoms with Gasteiger partial charge in [-0.25, -0.2) is 4.18 Å². The van der Waals surface area contributed by atoms with Crippen LogP contribution in [-0.2, 0) is 24.2 Å². The summed E-state index contributed by atoms with van der Waals surface area (Å²) >= 11 is 0. The molecule has 4 rings (SSSR count). The minimum Gasteiger partial charge on any atom is -0.480 e. The van der Waals surface area contributed by atoms with Crippen molar-refractivity contribution in [2.24, 2.45) is 46.3 Å². The number of rotatable bonds is 8. The molecule has 0 unspecified atom stereocenters. The molecule has 4 N–H and O–H groups in total. The summed E-state index contributed by atoms with van der Waals surface area (Å²) in [5.41, 5.74) is -0.178. The number of hydrogen-bond acceptors (Lipinski definition) is 6. The van der Waals surface area contributed by atoms with E-state index in [0.29, 0.717) is 55.3 Å². The number of carbonyl (C=O) groups is 2. The molecule has 0 aromatic rings. The summed E-state index contributed by atoms with van der Waals surface area (Å²) in [6, 6.07) is 0. The first-order valence-corrected chi connectivity index (χ1v) is 14.9.